The molecule has 3 aromatic rings. The van der Waals surface area contributed by atoms with Gasteiger partial charge in [0.05, 0.1) is 17.9 Å². The van der Waals surface area contributed by atoms with Crippen LogP contribution < -0.4 is 5.32 Å². The zero-order valence-electron chi connectivity index (χ0n) is 13.5. The van der Waals surface area contributed by atoms with E-state index in [0.29, 0.717) is 5.69 Å². The molecular weight excluding hydrogens is 302 g/mol. The third-order valence-corrected chi connectivity index (χ3v) is 4.57. The summed E-state index contributed by atoms with van der Waals surface area (Å²) in [6.07, 6.45) is 4.86. The Hall–Kier alpha value is -2.89. The van der Waals surface area contributed by atoms with Crippen LogP contribution in [0.5, 0.6) is 0 Å². The largest absolute Gasteiger partial charge is 0.344 e. The molecule has 0 radical (unpaired) electrons. The van der Waals surface area contributed by atoms with Gasteiger partial charge < -0.3 is 5.32 Å². The average Bonchev–Trinajstić information content (AvgIpc) is 3.24. The van der Waals surface area contributed by atoms with E-state index in [0.717, 1.165) is 36.1 Å². The first-order chi connectivity index (χ1) is 11.7. The van der Waals surface area contributed by atoms with Crippen LogP contribution in [0.4, 0.5) is 0 Å². The lowest BCUT2D eigenvalue weighted by Crippen LogP contribution is -2.31. The Labute approximate surface area is 139 Å². The molecule has 6 nitrogen and oxygen atoms in total. The van der Waals surface area contributed by atoms with Gasteiger partial charge in [-0.25, -0.2) is 0 Å². The predicted molar refractivity (Wildman–Crippen MR) is 90.4 cm³/mol. The molecule has 4 rings (SSSR count). The number of nitrogens with one attached hydrogen (secondary N) is 2. The summed E-state index contributed by atoms with van der Waals surface area (Å²) in [6, 6.07) is 11.6. The number of H-pyrrole nitrogens is 1. The number of hydrogen-bond acceptors (Lipinski definition) is 3. The highest BCUT2D eigenvalue weighted by molar-refractivity contribution is 5.93. The first kappa shape index (κ1) is 14.7. The molecule has 1 aliphatic carbocycles. The smallest absolute Gasteiger partial charge is 0.269 e. The van der Waals surface area contributed by atoms with Gasteiger partial charge in [-0.05, 0) is 25.3 Å². The number of aryl methyl sites for hydroxylation is 1. The van der Waals surface area contributed by atoms with Crippen molar-refractivity contribution in [1.29, 1.82) is 0 Å². The summed E-state index contributed by atoms with van der Waals surface area (Å²) in [4.78, 5) is 12.6. The predicted octanol–water partition coefficient (Wildman–Crippen LogP) is 2.62. The number of carbonyl (C=O) groups excluding carboxylic acids is 1. The van der Waals surface area contributed by atoms with Crippen LogP contribution in [-0.4, -0.2) is 25.9 Å². The van der Waals surface area contributed by atoms with E-state index in [1.165, 1.54) is 5.69 Å². The molecule has 1 atom stereocenters. The van der Waals surface area contributed by atoms with E-state index in [4.69, 9.17) is 0 Å². The van der Waals surface area contributed by atoms with Crippen LogP contribution in [0.3, 0.4) is 0 Å². The van der Waals surface area contributed by atoms with Gasteiger partial charge in [-0.15, -0.1) is 0 Å². The second-order valence-corrected chi connectivity index (χ2v) is 6.12. The molecule has 2 N–H and O–H groups in total. The molecule has 0 saturated heterocycles. The summed E-state index contributed by atoms with van der Waals surface area (Å²) in [7, 11) is 1.95. The Kier molecular flexibility index (Phi) is 3.65. The fourth-order valence-corrected chi connectivity index (χ4v) is 3.29. The number of amides is 1. The van der Waals surface area contributed by atoms with Crippen molar-refractivity contribution in [2.75, 3.05) is 0 Å². The summed E-state index contributed by atoms with van der Waals surface area (Å²) in [6.45, 7) is 0. The van der Waals surface area contributed by atoms with Crippen molar-refractivity contribution in [3.63, 3.8) is 0 Å². The molecule has 122 valence electrons. The second kappa shape index (κ2) is 5.96. The molecule has 0 unspecified atom stereocenters. The summed E-state index contributed by atoms with van der Waals surface area (Å²) in [5, 5.41) is 14.5. The lowest BCUT2D eigenvalue weighted by Gasteiger charge is -2.23. The van der Waals surface area contributed by atoms with E-state index in [1.54, 1.807) is 6.07 Å². The summed E-state index contributed by atoms with van der Waals surface area (Å²) < 4.78 is 1.90. The van der Waals surface area contributed by atoms with Crippen molar-refractivity contribution >= 4 is 5.91 Å². The Balaban J connectivity index is 1.53. The van der Waals surface area contributed by atoms with E-state index in [2.05, 4.69) is 20.6 Å². The minimum atomic E-state index is -0.133. The molecule has 1 amide bonds. The normalized spacial score (nSPS) is 16.6. The van der Waals surface area contributed by atoms with Crippen LogP contribution in [0, 0.1) is 0 Å². The Bertz CT molecular complexity index is 865. The summed E-state index contributed by atoms with van der Waals surface area (Å²) in [5.41, 5.74) is 4.57. The number of hydrogen-bond donors (Lipinski definition) is 2. The van der Waals surface area contributed by atoms with Gasteiger partial charge in [-0.1, -0.05) is 30.3 Å². The summed E-state index contributed by atoms with van der Waals surface area (Å²) in [5.74, 6) is -0.133. The first-order valence-electron chi connectivity index (χ1n) is 8.15. The number of carbonyl (C=O) groups is 1. The zero-order chi connectivity index (χ0) is 16.5. The molecule has 0 aliphatic heterocycles. The SMILES string of the molecule is Cn1ncc2c1CCC[C@@H]2NC(=O)c1cc(-c2ccccc2)n[nH]1. The maximum Gasteiger partial charge on any atom is 0.269 e. The van der Waals surface area contributed by atoms with Crippen LogP contribution in [0.25, 0.3) is 11.3 Å². The van der Waals surface area contributed by atoms with E-state index in [9.17, 15) is 4.79 Å². The van der Waals surface area contributed by atoms with Crippen molar-refractivity contribution in [3.05, 3.63) is 59.5 Å². The number of benzene rings is 1. The maximum atomic E-state index is 12.6. The van der Waals surface area contributed by atoms with E-state index >= 15 is 0 Å². The molecule has 0 bridgehead atoms. The van der Waals surface area contributed by atoms with Crippen molar-refractivity contribution in [2.45, 2.75) is 25.3 Å². The maximum absolute atomic E-state index is 12.6. The average molecular weight is 321 g/mol. The number of aromatic nitrogens is 4. The molecule has 1 aliphatic rings. The van der Waals surface area contributed by atoms with Crippen LogP contribution in [0.15, 0.2) is 42.6 Å². The van der Waals surface area contributed by atoms with Crippen LogP contribution in [0.1, 0.15) is 40.6 Å². The molecule has 0 spiro atoms. The van der Waals surface area contributed by atoms with Gasteiger partial charge in [-0.2, -0.15) is 10.2 Å². The zero-order valence-corrected chi connectivity index (χ0v) is 13.5. The molecule has 0 fully saturated rings. The fraction of sp³-hybridized carbons (Fsp3) is 0.278. The molecule has 2 aromatic heterocycles. The second-order valence-electron chi connectivity index (χ2n) is 6.12. The monoisotopic (exact) mass is 321 g/mol. The standard InChI is InChI=1S/C18H19N5O/c1-23-17-9-5-8-14(13(17)11-19-23)20-18(24)16-10-15(21-22-16)12-6-3-2-4-7-12/h2-4,6-7,10-11,14H,5,8-9H2,1H3,(H,20,24)(H,21,22)/t14-/m0/s1. The quantitative estimate of drug-likeness (QED) is 0.778. The highest BCUT2D eigenvalue weighted by atomic mass is 16.2. The molecule has 2 heterocycles. The van der Waals surface area contributed by atoms with Gasteiger partial charge >= 0.3 is 0 Å². The van der Waals surface area contributed by atoms with E-state index < -0.39 is 0 Å². The van der Waals surface area contributed by atoms with Gasteiger partial charge in [0.25, 0.3) is 5.91 Å². The van der Waals surface area contributed by atoms with Gasteiger partial charge in [0, 0.05) is 23.9 Å². The third kappa shape index (κ3) is 2.60. The van der Waals surface area contributed by atoms with Crippen molar-refractivity contribution < 1.29 is 4.79 Å². The number of rotatable bonds is 3. The van der Waals surface area contributed by atoms with Crippen LogP contribution in [-0.2, 0) is 13.5 Å². The van der Waals surface area contributed by atoms with Gasteiger partial charge in [0.2, 0.25) is 0 Å². The summed E-state index contributed by atoms with van der Waals surface area (Å²) >= 11 is 0. The van der Waals surface area contributed by atoms with Crippen LogP contribution in [0.2, 0.25) is 0 Å². The lowest BCUT2D eigenvalue weighted by molar-refractivity contribution is 0.0927. The van der Waals surface area contributed by atoms with Gasteiger partial charge in [0.15, 0.2) is 0 Å². The fourth-order valence-electron chi connectivity index (χ4n) is 3.29. The minimum absolute atomic E-state index is 0.0124. The number of fused-ring (bicyclic) bond motifs is 1. The van der Waals surface area contributed by atoms with Gasteiger partial charge in [-0.3, -0.25) is 14.6 Å². The minimum Gasteiger partial charge on any atom is -0.344 e. The topological polar surface area (TPSA) is 75.6 Å². The van der Waals surface area contributed by atoms with Crippen LogP contribution >= 0.6 is 0 Å². The van der Waals surface area contributed by atoms with Crippen molar-refractivity contribution in [3.8, 4) is 11.3 Å². The Morgan fingerprint density at radius 1 is 1.33 bits per heavy atom. The van der Waals surface area contributed by atoms with Crippen molar-refractivity contribution in [2.24, 2.45) is 7.05 Å². The number of aromatic amines is 1. The lowest BCUT2D eigenvalue weighted by atomic mass is 9.93. The Morgan fingerprint density at radius 3 is 3.00 bits per heavy atom. The van der Waals surface area contributed by atoms with E-state index in [-0.39, 0.29) is 11.9 Å². The van der Waals surface area contributed by atoms with E-state index in [1.807, 2.05) is 48.3 Å². The third-order valence-electron chi connectivity index (χ3n) is 4.57. The molecular formula is C18H19N5O. The molecule has 1 aromatic carbocycles. The van der Waals surface area contributed by atoms with Gasteiger partial charge in [0.1, 0.15) is 5.69 Å². The van der Waals surface area contributed by atoms with Crippen molar-refractivity contribution in [1.82, 2.24) is 25.3 Å². The number of nitrogens with zero attached hydrogens (tertiary/aromatic N) is 3. The molecule has 24 heavy (non-hydrogen) atoms. The highest BCUT2D eigenvalue weighted by Gasteiger charge is 2.25. The Morgan fingerprint density at radius 2 is 2.17 bits per heavy atom. The first-order valence-corrected chi connectivity index (χ1v) is 8.15. The molecule has 6 heteroatoms. The highest BCUT2D eigenvalue weighted by Crippen LogP contribution is 2.29. The molecule has 0 saturated carbocycles.